The second kappa shape index (κ2) is 3.08. The number of carbonyl (C=O) groups excluding carboxylic acids is 2. The first kappa shape index (κ1) is 8.95. The van der Waals surface area contributed by atoms with E-state index in [0.717, 1.165) is 4.90 Å². The third-order valence-electron chi connectivity index (χ3n) is 1.68. The molecule has 1 fully saturated rings. The van der Waals surface area contributed by atoms with Gasteiger partial charge in [0.25, 0.3) is 5.91 Å². The van der Waals surface area contributed by atoms with E-state index in [2.05, 4.69) is 0 Å². The van der Waals surface area contributed by atoms with Crippen molar-refractivity contribution in [3.05, 3.63) is 0 Å². The lowest BCUT2D eigenvalue weighted by molar-refractivity contribution is -0.138. The normalized spacial score (nSPS) is 29.5. The SMILES string of the molecule is NC(=O)CN1C[C@H](O)[C@H](O)C1=O. The molecule has 6 nitrogen and oxygen atoms in total. The number of nitrogens with two attached hydrogens (primary N) is 1. The Morgan fingerprint density at radius 3 is 2.58 bits per heavy atom. The van der Waals surface area contributed by atoms with Crippen molar-refractivity contribution in [2.24, 2.45) is 5.73 Å². The van der Waals surface area contributed by atoms with Crippen molar-refractivity contribution in [3.8, 4) is 0 Å². The molecular weight excluding hydrogens is 164 g/mol. The highest BCUT2D eigenvalue weighted by molar-refractivity contribution is 5.88. The van der Waals surface area contributed by atoms with Gasteiger partial charge in [-0.15, -0.1) is 0 Å². The van der Waals surface area contributed by atoms with E-state index in [-0.39, 0.29) is 13.1 Å². The van der Waals surface area contributed by atoms with E-state index in [1.807, 2.05) is 0 Å². The van der Waals surface area contributed by atoms with Crippen molar-refractivity contribution in [2.75, 3.05) is 13.1 Å². The minimum atomic E-state index is -1.41. The predicted molar refractivity (Wildman–Crippen MR) is 37.8 cm³/mol. The molecule has 2 atom stereocenters. The van der Waals surface area contributed by atoms with Crippen LogP contribution < -0.4 is 5.73 Å². The van der Waals surface area contributed by atoms with Crippen LogP contribution >= 0.6 is 0 Å². The van der Waals surface area contributed by atoms with E-state index in [1.54, 1.807) is 0 Å². The van der Waals surface area contributed by atoms with Crippen LogP contribution in [0.3, 0.4) is 0 Å². The van der Waals surface area contributed by atoms with Gasteiger partial charge in [-0.1, -0.05) is 0 Å². The Morgan fingerprint density at radius 1 is 1.67 bits per heavy atom. The molecule has 1 aliphatic rings. The molecule has 1 saturated heterocycles. The standard InChI is InChI=1S/C6H10N2O4/c7-4(10)2-8-1-3(9)5(11)6(8)12/h3,5,9,11H,1-2H2,(H2,7,10)/t3-,5-/m0/s1. The Labute approximate surface area is 68.6 Å². The molecule has 1 heterocycles. The van der Waals surface area contributed by atoms with E-state index in [0.29, 0.717) is 0 Å². The number of amides is 2. The summed E-state index contributed by atoms with van der Waals surface area (Å²) in [5, 5.41) is 17.9. The zero-order chi connectivity index (χ0) is 9.30. The molecule has 68 valence electrons. The first-order valence-corrected chi connectivity index (χ1v) is 3.45. The maximum absolute atomic E-state index is 11.0. The van der Waals surface area contributed by atoms with Gasteiger partial charge in [-0.2, -0.15) is 0 Å². The molecule has 0 spiro atoms. The average Bonchev–Trinajstić information content (AvgIpc) is 2.17. The smallest absolute Gasteiger partial charge is 0.254 e. The lowest BCUT2D eigenvalue weighted by Gasteiger charge is -2.11. The number of hydrogen-bond donors (Lipinski definition) is 3. The highest BCUT2D eigenvalue weighted by Crippen LogP contribution is 2.10. The largest absolute Gasteiger partial charge is 0.388 e. The molecule has 0 aromatic carbocycles. The molecule has 0 aliphatic carbocycles. The minimum absolute atomic E-state index is 0.0388. The molecule has 2 amide bonds. The predicted octanol–water partition coefficient (Wildman–Crippen LogP) is -2.96. The molecule has 0 aromatic heterocycles. The molecule has 6 heteroatoms. The number of aliphatic hydroxyl groups excluding tert-OH is 2. The van der Waals surface area contributed by atoms with Gasteiger partial charge in [0.2, 0.25) is 5.91 Å². The minimum Gasteiger partial charge on any atom is -0.388 e. The van der Waals surface area contributed by atoms with E-state index >= 15 is 0 Å². The third-order valence-corrected chi connectivity index (χ3v) is 1.68. The van der Waals surface area contributed by atoms with Crippen LogP contribution in [0.2, 0.25) is 0 Å². The summed E-state index contributed by atoms with van der Waals surface area (Å²) in [4.78, 5) is 22.4. The topological polar surface area (TPSA) is 104 Å². The maximum Gasteiger partial charge on any atom is 0.254 e. The molecular formula is C6H10N2O4. The fourth-order valence-corrected chi connectivity index (χ4v) is 1.10. The van der Waals surface area contributed by atoms with Gasteiger partial charge < -0.3 is 20.8 Å². The zero-order valence-corrected chi connectivity index (χ0v) is 6.30. The molecule has 0 saturated carbocycles. The van der Waals surface area contributed by atoms with Crippen molar-refractivity contribution < 1.29 is 19.8 Å². The van der Waals surface area contributed by atoms with Crippen LogP contribution in [-0.4, -0.2) is 52.2 Å². The highest BCUT2D eigenvalue weighted by Gasteiger charge is 2.38. The number of likely N-dealkylation sites (tertiary alicyclic amines) is 1. The van der Waals surface area contributed by atoms with E-state index < -0.39 is 24.0 Å². The summed E-state index contributed by atoms with van der Waals surface area (Å²) in [6.07, 6.45) is -2.53. The number of nitrogens with zero attached hydrogens (tertiary/aromatic N) is 1. The number of rotatable bonds is 2. The van der Waals surface area contributed by atoms with E-state index in [9.17, 15) is 9.59 Å². The summed E-state index contributed by atoms with van der Waals surface area (Å²) in [5.74, 6) is -1.31. The van der Waals surface area contributed by atoms with Gasteiger partial charge in [-0.25, -0.2) is 0 Å². The van der Waals surface area contributed by atoms with Gasteiger partial charge in [-0.05, 0) is 0 Å². The average molecular weight is 174 g/mol. The number of primary amides is 1. The molecule has 1 rings (SSSR count). The third kappa shape index (κ3) is 1.54. The molecule has 0 aromatic rings. The summed E-state index contributed by atoms with van der Waals surface area (Å²) in [6.45, 7) is -0.296. The molecule has 12 heavy (non-hydrogen) atoms. The van der Waals surface area contributed by atoms with E-state index in [4.69, 9.17) is 15.9 Å². The monoisotopic (exact) mass is 174 g/mol. The van der Waals surface area contributed by atoms with Crippen molar-refractivity contribution in [1.82, 2.24) is 4.90 Å². The first-order valence-electron chi connectivity index (χ1n) is 3.45. The quantitative estimate of drug-likeness (QED) is 0.416. The molecule has 4 N–H and O–H groups in total. The Balaban J connectivity index is 2.59. The summed E-state index contributed by atoms with van der Waals surface area (Å²) in [6, 6.07) is 0. The Hall–Kier alpha value is -1.14. The Morgan fingerprint density at radius 2 is 2.25 bits per heavy atom. The van der Waals surface area contributed by atoms with Gasteiger partial charge in [0.05, 0.1) is 13.1 Å². The number of carbonyl (C=O) groups is 2. The fraction of sp³-hybridized carbons (Fsp3) is 0.667. The van der Waals surface area contributed by atoms with Crippen LogP contribution in [0.4, 0.5) is 0 Å². The van der Waals surface area contributed by atoms with Crippen molar-refractivity contribution in [3.63, 3.8) is 0 Å². The number of hydrogen-bond acceptors (Lipinski definition) is 4. The van der Waals surface area contributed by atoms with Crippen LogP contribution in [0.5, 0.6) is 0 Å². The number of aliphatic hydroxyl groups is 2. The summed E-state index contributed by atoms with van der Waals surface area (Å²) in [7, 11) is 0. The highest BCUT2D eigenvalue weighted by atomic mass is 16.3. The van der Waals surface area contributed by atoms with Gasteiger partial charge in [-0.3, -0.25) is 9.59 Å². The van der Waals surface area contributed by atoms with Crippen molar-refractivity contribution >= 4 is 11.8 Å². The van der Waals surface area contributed by atoms with Crippen LogP contribution in [-0.2, 0) is 9.59 Å². The molecule has 1 aliphatic heterocycles. The Kier molecular flexibility index (Phi) is 2.30. The maximum atomic E-state index is 11.0. The van der Waals surface area contributed by atoms with E-state index in [1.165, 1.54) is 0 Å². The van der Waals surface area contributed by atoms with Gasteiger partial charge in [0.1, 0.15) is 6.10 Å². The van der Waals surface area contributed by atoms with Crippen molar-refractivity contribution in [1.29, 1.82) is 0 Å². The second-order valence-electron chi connectivity index (χ2n) is 2.70. The lowest BCUT2D eigenvalue weighted by atomic mass is 10.3. The van der Waals surface area contributed by atoms with Crippen LogP contribution in [0.25, 0.3) is 0 Å². The molecule has 0 unspecified atom stereocenters. The van der Waals surface area contributed by atoms with Gasteiger partial charge in [0, 0.05) is 0 Å². The molecule has 0 radical (unpaired) electrons. The second-order valence-corrected chi connectivity index (χ2v) is 2.70. The fourth-order valence-electron chi connectivity index (χ4n) is 1.10. The Bertz CT molecular complexity index is 218. The summed E-state index contributed by atoms with van der Waals surface area (Å²) < 4.78 is 0. The summed E-state index contributed by atoms with van der Waals surface area (Å²) >= 11 is 0. The number of β-amino-alcohol motifs (C(OH)–C–C–N with tert-alkyl or cyclic N) is 1. The van der Waals surface area contributed by atoms with Crippen LogP contribution in [0.1, 0.15) is 0 Å². The molecule has 0 bridgehead atoms. The van der Waals surface area contributed by atoms with Crippen LogP contribution in [0, 0.1) is 0 Å². The van der Waals surface area contributed by atoms with Crippen LogP contribution in [0.15, 0.2) is 0 Å². The zero-order valence-electron chi connectivity index (χ0n) is 6.30. The van der Waals surface area contributed by atoms with Gasteiger partial charge in [0.15, 0.2) is 6.10 Å². The van der Waals surface area contributed by atoms with Gasteiger partial charge >= 0.3 is 0 Å². The lowest BCUT2D eigenvalue weighted by Crippen LogP contribution is -2.36. The van der Waals surface area contributed by atoms with Crippen molar-refractivity contribution in [2.45, 2.75) is 12.2 Å². The first-order chi connectivity index (χ1) is 5.52. The summed E-state index contributed by atoms with van der Waals surface area (Å²) in [5.41, 5.74) is 4.83.